The molecule has 14 heteroatoms. The molecule has 3 N–H and O–H groups in total. The second kappa shape index (κ2) is 13.4. The molecule has 1 aliphatic heterocycles. The highest BCUT2D eigenvalue weighted by atomic mass is 35.5. The standard InChI is InChI=1S/C32H27ClN8O5/c1-45-32(44)36-23-8-9-24-25(16-23)37-29(42)11-5-19-3-2-4-20(13-19)14-26(31-34-17-28(24)46-31)38-30(43)12-6-21-15-22(33)7-10-27(21)41-18-35-39-40-41/h2-4,6-10,12-13,15-18,26H,5,11,14H2,1H3,(H,36,44)(H,37,42)(H,38,43)/b12-6+. The van der Waals surface area contributed by atoms with Gasteiger partial charge < -0.3 is 19.8 Å². The fraction of sp³-hybridized carbons (Fsp3) is 0.156. The van der Waals surface area contributed by atoms with Gasteiger partial charge in [0, 0.05) is 40.8 Å². The van der Waals surface area contributed by atoms with Crippen LogP contribution in [0.1, 0.15) is 35.0 Å². The molecule has 13 nitrogen and oxygen atoms in total. The fourth-order valence-electron chi connectivity index (χ4n) is 5.03. The number of amides is 3. The number of benzene rings is 3. The summed E-state index contributed by atoms with van der Waals surface area (Å²) in [6.45, 7) is 0. The number of fused-ring (bicyclic) bond motifs is 6. The maximum absolute atomic E-state index is 13.3. The van der Waals surface area contributed by atoms with Crippen LogP contribution < -0.4 is 16.0 Å². The first-order valence-corrected chi connectivity index (χ1v) is 14.6. The molecule has 0 radical (unpaired) electrons. The average Bonchev–Trinajstić information content (AvgIpc) is 3.76. The van der Waals surface area contributed by atoms with E-state index in [1.807, 2.05) is 24.3 Å². The number of hydrogen-bond acceptors (Lipinski definition) is 9. The predicted octanol–water partition coefficient (Wildman–Crippen LogP) is 5.15. The molecule has 0 saturated heterocycles. The minimum Gasteiger partial charge on any atom is -0.453 e. The molecule has 1 atom stereocenters. The third-order valence-corrected chi connectivity index (χ3v) is 7.44. The van der Waals surface area contributed by atoms with Gasteiger partial charge >= 0.3 is 6.09 Å². The second-order valence-corrected chi connectivity index (χ2v) is 10.8. The molecule has 6 rings (SSSR count). The Kier molecular flexibility index (Phi) is 8.83. The molecule has 2 aromatic heterocycles. The van der Waals surface area contributed by atoms with E-state index in [4.69, 9.17) is 20.8 Å². The van der Waals surface area contributed by atoms with E-state index in [9.17, 15) is 14.4 Å². The van der Waals surface area contributed by atoms with Gasteiger partial charge in [0.1, 0.15) is 12.4 Å². The number of rotatable bonds is 5. The van der Waals surface area contributed by atoms with Gasteiger partial charge in [-0.2, -0.15) is 4.68 Å². The van der Waals surface area contributed by atoms with E-state index in [0.717, 1.165) is 11.1 Å². The summed E-state index contributed by atoms with van der Waals surface area (Å²) >= 11 is 6.23. The molecule has 3 heterocycles. The number of methoxy groups -OCH3 is 1. The van der Waals surface area contributed by atoms with Crippen LogP contribution in [-0.2, 0) is 27.2 Å². The molecule has 46 heavy (non-hydrogen) atoms. The quantitative estimate of drug-likeness (QED) is 0.221. The number of hydrogen-bond donors (Lipinski definition) is 3. The van der Waals surface area contributed by atoms with E-state index in [-0.39, 0.29) is 18.2 Å². The lowest BCUT2D eigenvalue weighted by Crippen LogP contribution is -2.28. The Bertz CT molecular complexity index is 1940. The Labute approximate surface area is 267 Å². The lowest BCUT2D eigenvalue weighted by Gasteiger charge is -2.17. The van der Waals surface area contributed by atoms with Crippen molar-refractivity contribution >= 4 is 47.0 Å². The molecule has 232 valence electrons. The zero-order valence-electron chi connectivity index (χ0n) is 24.4. The lowest BCUT2D eigenvalue weighted by atomic mass is 10.0. The third kappa shape index (κ3) is 7.11. The van der Waals surface area contributed by atoms with E-state index < -0.39 is 18.0 Å². The zero-order valence-corrected chi connectivity index (χ0v) is 25.2. The second-order valence-electron chi connectivity index (χ2n) is 10.4. The number of aryl methyl sites for hydroxylation is 1. The van der Waals surface area contributed by atoms with Gasteiger partial charge in [0.2, 0.25) is 17.7 Å². The number of anilines is 2. The smallest absolute Gasteiger partial charge is 0.411 e. The van der Waals surface area contributed by atoms with Gasteiger partial charge in [0.15, 0.2) is 5.76 Å². The Hall–Kier alpha value is -5.82. The lowest BCUT2D eigenvalue weighted by molar-refractivity contribution is -0.117. The molecule has 1 aliphatic rings. The van der Waals surface area contributed by atoms with Crippen molar-refractivity contribution < 1.29 is 23.5 Å². The van der Waals surface area contributed by atoms with Crippen LogP contribution in [0.5, 0.6) is 0 Å². The number of halogens is 1. The normalized spacial score (nSPS) is 14.6. The topological polar surface area (TPSA) is 166 Å². The minimum atomic E-state index is -0.649. The molecule has 1 unspecified atom stereocenters. The van der Waals surface area contributed by atoms with Crippen LogP contribution in [0.2, 0.25) is 5.02 Å². The molecule has 0 saturated carbocycles. The van der Waals surface area contributed by atoms with Gasteiger partial charge in [0.05, 0.1) is 24.7 Å². The van der Waals surface area contributed by atoms with Crippen molar-refractivity contribution in [2.75, 3.05) is 17.7 Å². The van der Waals surface area contributed by atoms with E-state index in [1.54, 1.807) is 42.5 Å². The first kappa shape index (κ1) is 30.2. The number of aromatic nitrogens is 5. The summed E-state index contributed by atoms with van der Waals surface area (Å²) in [7, 11) is 1.26. The largest absolute Gasteiger partial charge is 0.453 e. The third-order valence-electron chi connectivity index (χ3n) is 7.20. The number of carbonyl (C=O) groups is 3. The van der Waals surface area contributed by atoms with Gasteiger partial charge in [-0.15, -0.1) is 5.10 Å². The molecule has 4 bridgehead atoms. The number of nitrogens with zero attached hydrogens (tertiary/aromatic N) is 5. The molecule has 0 fully saturated rings. The molecule has 5 aromatic rings. The van der Waals surface area contributed by atoms with Gasteiger partial charge in [0.25, 0.3) is 0 Å². The summed E-state index contributed by atoms with van der Waals surface area (Å²) in [5, 5.41) is 20.3. The Balaban J connectivity index is 1.33. The molecular weight excluding hydrogens is 612 g/mol. The highest BCUT2D eigenvalue weighted by molar-refractivity contribution is 6.30. The SMILES string of the molecule is COC(=O)Nc1ccc2c(c1)NC(=O)CCc1cccc(c1)CC(NC(=O)/C=C/c1cc(Cl)ccc1-n1cnnn1)c1ncc-2o1. The maximum Gasteiger partial charge on any atom is 0.411 e. The van der Waals surface area contributed by atoms with Gasteiger partial charge in [-0.3, -0.25) is 14.9 Å². The van der Waals surface area contributed by atoms with E-state index >= 15 is 0 Å². The average molecular weight is 639 g/mol. The molecule has 3 amide bonds. The Morgan fingerprint density at radius 1 is 1.11 bits per heavy atom. The highest BCUT2D eigenvalue weighted by Crippen LogP contribution is 2.33. The monoisotopic (exact) mass is 638 g/mol. The summed E-state index contributed by atoms with van der Waals surface area (Å²) in [6, 6.07) is 17.3. The fourth-order valence-corrected chi connectivity index (χ4v) is 5.21. The number of carbonyl (C=O) groups excluding carboxylic acids is 3. The van der Waals surface area contributed by atoms with E-state index in [2.05, 4.69) is 36.5 Å². The van der Waals surface area contributed by atoms with Crippen LogP contribution in [0.4, 0.5) is 16.2 Å². The number of oxazole rings is 1. The summed E-state index contributed by atoms with van der Waals surface area (Å²) < 4.78 is 12.4. The summed E-state index contributed by atoms with van der Waals surface area (Å²) in [5.41, 5.74) is 4.53. The highest BCUT2D eigenvalue weighted by Gasteiger charge is 2.23. The van der Waals surface area contributed by atoms with Crippen molar-refractivity contribution in [1.29, 1.82) is 0 Å². The number of nitrogens with one attached hydrogen (secondary N) is 3. The van der Waals surface area contributed by atoms with Crippen LogP contribution in [-0.4, -0.2) is 50.2 Å². The van der Waals surface area contributed by atoms with Crippen molar-refractivity contribution in [3.8, 4) is 17.0 Å². The summed E-state index contributed by atoms with van der Waals surface area (Å²) in [4.78, 5) is 42.6. The van der Waals surface area contributed by atoms with Crippen LogP contribution in [0.3, 0.4) is 0 Å². The minimum absolute atomic E-state index is 0.210. The molecule has 0 aliphatic carbocycles. The van der Waals surface area contributed by atoms with Crippen LogP contribution in [0, 0.1) is 0 Å². The van der Waals surface area contributed by atoms with E-state index in [1.165, 1.54) is 30.4 Å². The summed E-state index contributed by atoms with van der Waals surface area (Å²) in [5.74, 6) is 0.0281. The van der Waals surface area contributed by atoms with Gasteiger partial charge in [-0.05, 0) is 70.4 Å². The molecular formula is C32H27ClN8O5. The van der Waals surface area contributed by atoms with Crippen molar-refractivity contribution in [3.05, 3.63) is 107 Å². The van der Waals surface area contributed by atoms with Crippen LogP contribution in [0.15, 0.2) is 83.7 Å². The van der Waals surface area contributed by atoms with Crippen LogP contribution >= 0.6 is 11.6 Å². The van der Waals surface area contributed by atoms with Gasteiger partial charge in [-0.1, -0.05) is 35.9 Å². The van der Waals surface area contributed by atoms with Gasteiger partial charge in [-0.25, -0.2) is 9.78 Å². The maximum atomic E-state index is 13.3. The van der Waals surface area contributed by atoms with Crippen molar-refractivity contribution in [1.82, 2.24) is 30.5 Å². The zero-order chi connectivity index (χ0) is 32.0. The van der Waals surface area contributed by atoms with E-state index in [0.29, 0.717) is 51.8 Å². The number of tetrazole rings is 1. The predicted molar refractivity (Wildman–Crippen MR) is 169 cm³/mol. The molecule has 3 aromatic carbocycles. The number of ether oxygens (including phenoxy) is 1. The Morgan fingerprint density at radius 3 is 2.80 bits per heavy atom. The van der Waals surface area contributed by atoms with Crippen molar-refractivity contribution in [2.24, 2.45) is 0 Å². The van der Waals surface area contributed by atoms with Crippen LogP contribution in [0.25, 0.3) is 23.1 Å². The first-order valence-electron chi connectivity index (χ1n) is 14.2. The van der Waals surface area contributed by atoms with Crippen molar-refractivity contribution in [3.63, 3.8) is 0 Å². The van der Waals surface area contributed by atoms with Crippen molar-refractivity contribution in [2.45, 2.75) is 25.3 Å². The first-order chi connectivity index (χ1) is 22.3. The molecule has 0 spiro atoms. The summed E-state index contributed by atoms with van der Waals surface area (Å²) in [6.07, 6.45) is 6.45. The Morgan fingerprint density at radius 2 is 1.98 bits per heavy atom.